The summed E-state index contributed by atoms with van der Waals surface area (Å²) in [5.41, 5.74) is -0.722. The van der Waals surface area contributed by atoms with Gasteiger partial charge in [0.25, 0.3) is 0 Å². The Morgan fingerprint density at radius 2 is 2.00 bits per heavy atom. The Balaban J connectivity index is 1.56. The van der Waals surface area contributed by atoms with Crippen LogP contribution in [0.4, 0.5) is 11.6 Å². The molecule has 8 nitrogen and oxygen atoms in total. The molecule has 0 amide bonds. The standard InChI is InChI=1S/C17H25N5O3/c23-16(24)17-3-1-4-18-13(17)2-5-22(11-17)15-10-14(19-12-20-15)21-6-8-25-9-7-21/h10,12-13,18H,1-9,11H2,(H,23,24). The van der Waals surface area contributed by atoms with Gasteiger partial charge in [0.15, 0.2) is 0 Å². The van der Waals surface area contributed by atoms with Gasteiger partial charge in [-0.25, -0.2) is 9.97 Å². The monoisotopic (exact) mass is 347 g/mol. The van der Waals surface area contributed by atoms with Gasteiger partial charge < -0.3 is 25.0 Å². The second-order valence-corrected chi connectivity index (χ2v) is 7.12. The number of aliphatic carboxylic acids is 1. The second-order valence-electron chi connectivity index (χ2n) is 7.12. The van der Waals surface area contributed by atoms with Crippen LogP contribution < -0.4 is 15.1 Å². The van der Waals surface area contributed by atoms with E-state index in [9.17, 15) is 9.90 Å². The van der Waals surface area contributed by atoms with Gasteiger partial charge in [-0.2, -0.15) is 0 Å². The third kappa shape index (κ3) is 3.04. The van der Waals surface area contributed by atoms with Crippen molar-refractivity contribution < 1.29 is 14.6 Å². The smallest absolute Gasteiger partial charge is 0.313 e. The highest BCUT2D eigenvalue weighted by Gasteiger charge is 2.51. The Hall–Kier alpha value is -1.93. The van der Waals surface area contributed by atoms with Gasteiger partial charge in [-0.15, -0.1) is 0 Å². The van der Waals surface area contributed by atoms with Crippen molar-refractivity contribution in [3.63, 3.8) is 0 Å². The summed E-state index contributed by atoms with van der Waals surface area (Å²) in [6.07, 6.45) is 4.03. The van der Waals surface area contributed by atoms with E-state index in [1.54, 1.807) is 6.33 Å². The maximum atomic E-state index is 12.1. The SMILES string of the molecule is O=C(O)C12CCCNC1CCN(c1cc(N3CCOCC3)ncn1)C2. The number of nitrogens with one attached hydrogen (secondary N) is 1. The first kappa shape index (κ1) is 16.5. The largest absolute Gasteiger partial charge is 0.481 e. The lowest BCUT2D eigenvalue weighted by Gasteiger charge is -2.48. The molecule has 0 radical (unpaired) electrons. The van der Waals surface area contributed by atoms with Crippen molar-refractivity contribution in [3.8, 4) is 0 Å². The van der Waals surface area contributed by atoms with Crippen molar-refractivity contribution in [2.45, 2.75) is 25.3 Å². The van der Waals surface area contributed by atoms with Gasteiger partial charge in [-0.1, -0.05) is 0 Å². The summed E-state index contributed by atoms with van der Waals surface area (Å²) in [6, 6.07) is 2.04. The summed E-state index contributed by atoms with van der Waals surface area (Å²) in [6.45, 7) is 5.28. The summed E-state index contributed by atoms with van der Waals surface area (Å²) in [4.78, 5) is 25.2. The number of aromatic nitrogens is 2. The molecule has 2 unspecified atom stereocenters. The number of anilines is 2. The molecule has 25 heavy (non-hydrogen) atoms. The van der Waals surface area contributed by atoms with Crippen LogP contribution in [-0.4, -0.2) is 73.0 Å². The fourth-order valence-corrected chi connectivity index (χ4v) is 4.32. The molecule has 4 rings (SSSR count). The number of rotatable bonds is 3. The van der Waals surface area contributed by atoms with Crippen molar-refractivity contribution in [1.29, 1.82) is 0 Å². The molecule has 3 aliphatic rings. The van der Waals surface area contributed by atoms with Crippen LogP contribution >= 0.6 is 0 Å². The van der Waals surface area contributed by atoms with E-state index >= 15 is 0 Å². The minimum atomic E-state index is -0.722. The maximum Gasteiger partial charge on any atom is 0.313 e. The van der Waals surface area contributed by atoms with Crippen LogP contribution in [-0.2, 0) is 9.53 Å². The Kier molecular flexibility index (Phi) is 4.47. The van der Waals surface area contributed by atoms with Crippen molar-refractivity contribution in [2.75, 3.05) is 55.7 Å². The van der Waals surface area contributed by atoms with Gasteiger partial charge in [0.05, 0.1) is 13.2 Å². The molecular formula is C17H25N5O3. The molecule has 3 fully saturated rings. The number of carboxylic acid groups (broad SMARTS) is 1. The lowest BCUT2D eigenvalue weighted by Crippen LogP contribution is -2.63. The molecule has 0 bridgehead atoms. The minimum Gasteiger partial charge on any atom is -0.481 e. The molecule has 136 valence electrons. The predicted octanol–water partition coefficient (Wildman–Crippen LogP) is 0.346. The Bertz CT molecular complexity index is 636. The quantitative estimate of drug-likeness (QED) is 0.809. The number of morpholine rings is 1. The van der Waals surface area contributed by atoms with Gasteiger partial charge in [0, 0.05) is 38.3 Å². The van der Waals surface area contributed by atoms with E-state index in [0.717, 1.165) is 57.1 Å². The van der Waals surface area contributed by atoms with Crippen LogP contribution in [0.3, 0.4) is 0 Å². The Labute approximate surface area is 147 Å². The molecule has 3 aliphatic heterocycles. The number of ether oxygens (including phenoxy) is 1. The number of carbonyl (C=O) groups is 1. The van der Waals surface area contributed by atoms with Gasteiger partial charge in [-0.3, -0.25) is 4.79 Å². The van der Waals surface area contributed by atoms with Crippen LogP contribution in [0.5, 0.6) is 0 Å². The molecular weight excluding hydrogens is 322 g/mol. The zero-order valence-corrected chi connectivity index (χ0v) is 14.4. The van der Waals surface area contributed by atoms with Gasteiger partial charge in [0.2, 0.25) is 0 Å². The Morgan fingerprint density at radius 1 is 1.24 bits per heavy atom. The second kappa shape index (κ2) is 6.76. The number of carboxylic acids is 1. The van der Waals surface area contributed by atoms with Crippen LogP contribution in [0, 0.1) is 5.41 Å². The van der Waals surface area contributed by atoms with Crippen LogP contribution in [0.15, 0.2) is 12.4 Å². The van der Waals surface area contributed by atoms with Crippen molar-refractivity contribution in [2.24, 2.45) is 5.41 Å². The van der Waals surface area contributed by atoms with Crippen LogP contribution in [0.1, 0.15) is 19.3 Å². The fraction of sp³-hybridized carbons (Fsp3) is 0.706. The number of piperidine rings is 2. The van der Waals surface area contributed by atoms with E-state index in [4.69, 9.17) is 4.74 Å². The molecule has 1 aromatic rings. The highest BCUT2D eigenvalue weighted by molar-refractivity contribution is 5.77. The van der Waals surface area contributed by atoms with Gasteiger partial charge in [-0.05, 0) is 25.8 Å². The summed E-state index contributed by atoms with van der Waals surface area (Å²) < 4.78 is 5.40. The third-order valence-electron chi connectivity index (χ3n) is 5.74. The van der Waals surface area contributed by atoms with Crippen LogP contribution in [0.25, 0.3) is 0 Å². The molecule has 1 aromatic heterocycles. The highest BCUT2D eigenvalue weighted by atomic mass is 16.5. The normalized spacial score (nSPS) is 30.0. The van der Waals surface area contributed by atoms with E-state index < -0.39 is 11.4 Å². The zero-order valence-electron chi connectivity index (χ0n) is 14.4. The summed E-state index contributed by atoms with van der Waals surface area (Å²) in [5.74, 6) is 1.01. The van der Waals surface area contributed by atoms with Crippen molar-refractivity contribution >= 4 is 17.6 Å². The molecule has 0 spiro atoms. The lowest BCUT2D eigenvalue weighted by molar-refractivity contribution is -0.153. The van der Waals surface area contributed by atoms with Crippen molar-refractivity contribution in [3.05, 3.63) is 12.4 Å². The van der Waals surface area contributed by atoms with E-state index in [0.29, 0.717) is 19.8 Å². The zero-order chi connectivity index (χ0) is 17.3. The molecule has 3 saturated heterocycles. The van der Waals surface area contributed by atoms with E-state index in [2.05, 4.69) is 25.1 Å². The molecule has 2 N–H and O–H groups in total. The summed E-state index contributed by atoms with van der Waals surface area (Å²) in [5, 5.41) is 13.3. The van der Waals surface area contributed by atoms with E-state index in [1.807, 2.05) is 6.07 Å². The van der Waals surface area contributed by atoms with Gasteiger partial charge in [0.1, 0.15) is 23.4 Å². The molecule has 0 aromatic carbocycles. The summed E-state index contributed by atoms with van der Waals surface area (Å²) >= 11 is 0. The number of nitrogens with zero attached hydrogens (tertiary/aromatic N) is 4. The average molecular weight is 347 g/mol. The number of fused-ring (bicyclic) bond motifs is 1. The first-order valence-electron chi connectivity index (χ1n) is 9.05. The number of hydrogen-bond donors (Lipinski definition) is 2. The molecule has 0 saturated carbocycles. The number of hydrogen-bond acceptors (Lipinski definition) is 7. The molecule has 0 aliphatic carbocycles. The third-order valence-corrected chi connectivity index (χ3v) is 5.74. The predicted molar refractivity (Wildman–Crippen MR) is 93.0 cm³/mol. The van der Waals surface area contributed by atoms with E-state index in [-0.39, 0.29) is 6.04 Å². The van der Waals surface area contributed by atoms with Crippen molar-refractivity contribution in [1.82, 2.24) is 15.3 Å². The molecule has 8 heteroatoms. The Morgan fingerprint density at radius 3 is 2.76 bits per heavy atom. The summed E-state index contributed by atoms with van der Waals surface area (Å²) in [7, 11) is 0. The van der Waals surface area contributed by atoms with Crippen LogP contribution in [0.2, 0.25) is 0 Å². The maximum absolute atomic E-state index is 12.1. The molecule has 2 atom stereocenters. The average Bonchev–Trinajstić information content (AvgIpc) is 2.68. The minimum absolute atomic E-state index is 0.0514. The lowest BCUT2D eigenvalue weighted by atomic mass is 9.70. The highest BCUT2D eigenvalue weighted by Crippen LogP contribution is 2.39. The first-order chi connectivity index (χ1) is 12.2. The topological polar surface area (TPSA) is 90.8 Å². The van der Waals surface area contributed by atoms with Gasteiger partial charge >= 0.3 is 5.97 Å². The fourth-order valence-electron chi connectivity index (χ4n) is 4.32. The van der Waals surface area contributed by atoms with E-state index in [1.165, 1.54) is 0 Å². The first-order valence-corrected chi connectivity index (χ1v) is 9.05. The molecule has 4 heterocycles.